The van der Waals surface area contributed by atoms with E-state index < -0.39 is 46.5 Å². The molecule has 10 heteroatoms. The summed E-state index contributed by atoms with van der Waals surface area (Å²) >= 11 is 0. The van der Waals surface area contributed by atoms with E-state index in [4.69, 9.17) is 18.9 Å². The van der Waals surface area contributed by atoms with E-state index in [1.165, 1.54) is 12.1 Å². The number of esters is 4. The minimum absolute atomic E-state index is 0.0676. The highest BCUT2D eigenvalue weighted by Gasteiger charge is 2.36. The molecule has 0 fully saturated rings. The normalized spacial score (nSPS) is 11.8. The zero-order chi connectivity index (χ0) is 30.7. The number of carbonyl (C=O) groups excluding carboxylic acids is 4. The Kier molecular flexibility index (Phi) is 13.4. The van der Waals surface area contributed by atoms with Gasteiger partial charge in [0.15, 0.2) is 11.8 Å². The average Bonchev–Trinajstić information content (AvgIpc) is 2.85. The van der Waals surface area contributed by atoms with Gasteiger partial charge in [0.2, 0.25) is 0 Å². The van der Waals surface area contributed by atoms with Crippen LogP contribution < -0.4 is 0 Å². The molecule has 0 aliphatic carbocycles. The second-order valence-electron chi connectivity index (χ2n) is 10.8. The number of rotatable bonds is 16. The third-order valence-corrected chi connectivity index (χ3v) is 6.97. The molecule has 1 aromatic carbocycles. The Labute approximate surface area is 237 Å². The number of carbonyl (C=O) groups is 4. The fourth-order valence-electron chi connectivity index (χ4n) is 4.58. The molecule has 0 unspecified atom stereocenters. The first kappa shape index (κ1) is 34.7. The molecule has 2 N–H and O–H groups in total. The van der Waals surface area contributed by atoms with E-state index in [9.17, 15) is 29.4 Å². The zero-order valence-corrected chi connectivity index (χ0v) is 25.1. The van der Waals surface area contributed by atoms with E-state index in [2.05, 4.69) is 0 Å². The van der Waals surface area contributed by atoms with E-state index in [1.807, 2.05) is 27.7 Å². The van der Waals surface area contributed by atoms with Gasteiger partial charge in [-0.05, 0) is 76.3 Å². The van der Waals surface area contributed by atoms with E-state index in [-0.39, 0.29) is 50.8 Å². The lowest BCUT2D eigenvalue weighted by atomic mass is 9.74. The molecule has 40 heavy (non-hydrogen) atoms. The Morgan fingerprint density at radius 1 is 0.600 bits per heavy atom. The monoisotopic (exact) mass is 566 g/mol. The topological polar surface area (TPSA) is 146 Å². The molecule has 0 atom stereocenters. The summed E-state index contributed by atoms with van der Waals surface area (Å²) in [5, 5.41) is 22.0. The van der Waals surface area contributed by atoms with Crippen molar-refractivity contribution < 1.29 is 48.3 Å². The summed E-state index contributed by atoms with van der Waals surface area (Å²) in [6.07, 6.45) is 0.875. The number of benzene rings is 1. The predicted octanol–water partition coefficient (Wildman–Crippen LogP) is 4.70. The molecule has 10 nitrogen and oxygen atoms in total. The van der Waals surface area contributed by atoms with Gasteiger partial charge in [-0.15, -0.1) is 0 Å². The van der Waals surface area contributed by atoms with Gasteiger partial charge in [-0.3, -0.25) is 19.2 Å². The van der Waals surface area contributed by atoms with Crippen molar-refractivity contribution in [2.75, 3.05) is 26.4 Å². The Morgan fingerprint density at radius 3 is 1.07 bits per heavy atom. The van der Waals surface area contributed by atoms with Crippen molar-refractivity contribution in [2.45, 2.75) is 91.9 Å². The molecule has 0 aliphatic rings. The maximum absolute atomic E-state index is 12.4. The van der Waals surface area contributed by atoms with Gasteiger partial charge in [0.05, 0.1) is 26.4 Å². The SMILES string of the molecule is CCOC(=O)C(CCC(C)(C)c1cc(O)c(C(C)(C)CCC(C(=O)OCC)C(=O)OCC)cc1O)C(=O)OCC. The lowest BCUT2D eigenvalue weighted by molar-refractivity contribution is -0.163. The van der Waals surface area contributed by atoms with Gasteiger partial charge in [-0.1, -0.05) is 27.7 Å². The van der Waals surface area contributed by atoms with Crippen molar-refractivity contribution in [1.29, 1.82) is 0 Å². The van der Waals surface area contributed by atoms with Crippen LogP contribution in [0.1, 0.15) is 92.2 Å². The predicted molar refractivity (Wildman–Crippen MR) is 148 cm³/mol. The van der Waals surface area contributed by atoms with Crippen LogP contribution in [-0.4, -0.2) is 60.5 Å². The lowest BCUT2D eigenvalue weighted by Crippen LogP contribution is -2.31. The first-order chi connectivity index (χ1) is 18.7. The highest BCUT2D eigenvalue weighted by molar-refractivity contribution is 5.95. The van der Waals surface area contributed by atoms with Gasteiger partial charge >= 0.3 is 23.9 Å². The van der Waals surface area contributed by atoms with Gasteiger partial charge in [0.1, 0.15) is 11.5 Å². The van der Waals surface area contributed by atoms with Crippen LogP contribution in [0.4, 0.5) is 0 Å². The number of ether oxygens (including phenoxy) is 4. The maximum Gasteiger partial charge on any atom is 0.320 e. The highest BCUT2D eigenvalue weighted by atomic mass is 16.6. The first-order valence-corrected chi connectivity index (χ1v) is 13.9. The Balaban J connectivity index is 3.19. The quantitative estimate of drug-likeness (QED) is 0.125. The third kappa shape index (κ3) is 9.41. The number of aromatic hydroxyl groups is 2. The van der Waals surface area contributed by atoms with Gasteiger partial charge in [-0.2, -0.15) is 0 Å². The van der Waals surface area contributed by atoms with Crippen molar-refractivity contribution >= 4 is 23.9 Å². The van der Waals surface area contributed by atoms with E-state index in [0.29, 0.717) is 24.0 Å². The molecular formula is C30H46O10. The summed E-state index contributed by atoms with van der Waals surface area (Å²) in [6, 6.07) is 2.95. The second kappa shape index (κ2) is 15.5. The molecule has 1 rings (SSSR count). The average molecular weight is 567 g/mol. The van der Waals surface area contributed by atoms with Gasteiger partial charge in [0.25, 0.3) is 0 Å². The maximum atomic E-state index is 12.4. The lowest BCUT2D eigenvalue weighted by Gasteiger charge is -2.31. The minimum Gasteiger partial charge on any atom is -0.508 e. The number of hydrogen-bond acceptors (Lipinski definition) is 10. The second-order valence-corrected chi connectivity index (χ2v) is 10.8. The highest BCUT2D eigenvalue weighted by Crippen LogP contribution is 2.44. The van der Waals surface area contributed by atoms with Gasteiger partial charge < -0.3 is 29.2 Å². The van der Waals surface area contributed by atoms with Crippen LogP contribution in [0.25, 0.3) is 0 Å². The molecule has 226 valence electrons. The van der Waals surface area contributed by atoms with Crippen molar-refractivity contribution in [1.82, 2.24) is 0 Å². The largest absolute Gasteiger partial charge is 0.508 e. The Bertz CT molecular complexity index is 910. The first-order valence-electron chi connectivity index (χ1n) is 13.9. The molecule has 0 radical (unpaired) electrons. The van der Waals surface area contributed by atoms with Crippen LogP contribution in [-0.2, 0) is 49.0 Å². The molecular weight excluding hydrogens is 520 g/mol. The summed E-state index contributed by atoms with van der Waals surface area (Å²) in [7, 11) is 0. The van der Waals surface area contributed by atoms with Crippen LogP contribution >= 0.6 is 0 Å². The number of phenols is 2. The smallest absolute Gasteiger partial charge is 0.320 e. The van der Waals surface area contributed by atoms with Gasteiger partial charge in [-0.25, -0.2) is 0 Å². The minimum atomic E-state index is -1.10. The number of phenolic OH excluding ortho intramolecular Hbond substituents is 2. The summed E-state index contributed by atoms with van der Waals surface area (Å²) < 4.78 is 20.2. The molecule has 1 aromatic rings. The number of hydrogen-bond donors (Lipinski definition) is 2. The molecule has 0 aromatic heterocycles. The summed E-state index contributed by atoms with van der Waals surface area (Å²) in [6.45, 7) is 14.5. The molecule has 0 bridgehead atoms. The summed E-state index contributed by atoms with van der Waals surface area (Å²) in [4.78, 5) is 49.5. The standard InChI is InChI=1S/C30H46O10/c1-9-37-25(33)19(26(34)38-10-2)13-15-29(5,6)21-17-24(32)22(18-23(21)31)30(7,8)16-14-20(27(35)39-11-3)28(36)40-12-4/h17-20,31-32H,9-16H2,1-8H3. The van der Waals surface area contributed by atoms with Gasteiger partial charge in [0, 0.05) is 11.1 Å². The van der Waals surface area contributed by atoms with Crippen molar-refractivity contribution in [3.05, 3.63) is 23.3 Å². The van der Waals surface area contributed by atoms with Crippen molar-refractivity contribution in [3.63, 3.8) is 0 Å². The summed E-state index contributed by atoms with van der Waals surface area (Å²) in [5.41, 5.74) is -0.597. The van der Waals surface area contributed by atoms with Crippen molar-refractivity contribution in [2.24, 2.45) is 11.8 Å². The van der Waals surface area contributed by atoms with Crippen LogP contribution in [0, 0.1) is 11.8 Å². The molecule has 0 saturated heterocycles. The molecule has 0 saturated carbocycles. The van der Waals surface area contributed by atoms with E-state index in [0.717, 1.165) is 0 Å². The van der Waals surface area contributed by atoms with Crippen LogP contribution in [0.2, 0.25) is 0 Å². The Morgan fingerprint density at radius 2 is 0.850 bits per heavy atom. The van der Waals surface area contributed by atoms with Crippen molar-refractivity contribution in [3.8, 4) is 11.5 Å². The fraction of sp³-hybridized carbons (Fsp3) is 0.667. The van der Waals surface area contributed by atoms with E-state index >= 15 is 0 Å². The molecule has 0 spiro atoms. The van der Waals surface area contributed by atoms with E-state index in [1.54, 1.807) is 27.7 Å². The molecule has 0 aliphatic heterocycles. The molecule has 0 amide bonds. The summed E-state index contributed by atoms with van der Waals surface area (Å²) in [5.74, 6) is -4.98. The third-order valence-electron chi connectivity index (χ3n) is 6.97. The molecule has 0 heterocycles. The van der Waals surface area contributed by atoms with Crippen LogP contribution in [0.15, 0.2) is 12.1 Å². The zero-order valence-electron chi connectivity index (χ0n) is 25.1. The Hall–Kier alpha value is -3.30. The van der Waals surface area contributed by atoms with Crippen LogP contribution in [0.5, 0.6) is 11.5 Å². The van der Waals surface area contributed by atoms with Crippen LogP contribution in [0.3, 0.4) is 0 Å². The fourth-order valence-corrected chi connectivity index (χ4v) is 4.58.